The molecule has 2 N–H and O–H groups in total. The molecule has 0 aliphatic heterocycles. The summed E-state index contributed by atoms with van der Waals surface area (Å²) in [4.78, 5) is 23.4. The van der Waals surface area contributed by atoms with Gasteiger partial charge in [-0.25, -0.2) is 4.79 Å². The number of carbonyl (C=O) groups is 2. The Morgan fingerprint density at radius 2 is 1.82 bits per heavy atom. The fourth-order valence-corrected chi connectivity index (χ4v) is 2.02. The first-order chi connectivity index (χ1) is 10.5. The maximum Gasteiger partial charge on any atom is 0.323 e. The fourth-order valence-electron chi connectivity index (χ4n) is 2.02. The third kappa shape index (κ3) is 3.85. The predicted octanol–water partition coefficient (Wildman–Crippen LogP) is 3.85. The molecular weight excluding hydrogens is 280 g/mol. The van der Waals surface area contributed by atoms with E-state index in [4.69, 9.17) is 4.74 Å². The first kappa shape index (κ1) is 15.6. The van der Waals surface area contributed by atoms with Gasteiger partial charge in [-0.05, 0) is 43.7 Å². The van der Waals surface area contributed by atoms with E-state index in [1.807, 2.05) is 19.1 Å². The molecule has 0 atom stereocenters. The number of hydrogen-bond donors (Lipinski definition) is 2. The molecule has 22 heavy (non-hydrogen) atoms. The number of ether oxygens (including phenoxy) is 1. The molecule has 2 amide bonds. The molecule has 0 saturated carbocycles. The second-order valence-corrected chi connectivity index (χ2v) is 4.92. The summed E-state index contributed by atoms with van der Waals surface area (Å²) in [5, 5.41) is 5.44. The Morgan fingerprint density at radius 3 is 2.50 bits per heavy atom. The van der Waals surface area contributed by atoms with Gasteiger partial charge in [-0.3, -0.25) is 4.79 Å². The minimum atomic E-state index is -0.399. The van der Waals surface area contributed by atoms with E-state index in [1.165, 1.54) is 6.92 Å². The zero-order valence-electron chi connectivity index (χ0n) is 12.8. The molecule has 0 aliphatic rings. The number of methoxy groups -OCH3 is 1. The van der Waals surface area contributed by atoms with Crippen LogP contribution in [0.15, 0.2) is 42.5 Å². The van der Waals surface area contributed by atoms with Crippen molar-refractivity contribution >= 4 is 23.2 Å². The van der Waals surface area contributed by atoms with Crippen molar-refractivity contribution in [2.75, 3.05) is 17.7 Å². The fraction of sp³-hybridized carbons (Fsp3) is 0.176. The zero-order valence-corrected chi connectivity index (χ0v) is 12.8. The first-order valence-corrected chi connectivity index (χ1v) is 6.83. The zero-order chi connectivity index (χ0) is 16.1. The van der Waals surface area contributed by atoms with Gasteiger partial charge in [0.05, 0.1) is 12.8 Å². The molecule has 2 aromatic rings. The summed E-state index contributed by atoms with van der Waals surface area (Å²) >= 11 is 0. The van der Waals surface area contributed by atoms with Gasteiger partial charge in [0.2, 0.25) is 0 Å². The summed E-state index contributed by atoms with van der Waals surface area (Å²) in [5.74, 6) is 0.530. The molecule has 0 heterocycles. The van der Waals surface area contributed by atoms with E-state index in [1.54, 1.807) is 37.4 Å². The monoisotopic (exact) mass is 298 g/mol. The lowest BCUT2D eigenvalue weighted by Crippen LogP contribution is -2.20. The van der Waals surface area contributed by atoms with Crippen molar-refractivity contribution in [2.45, 2.75) is 13.8 Å². The summed E-state index contributed by atoms with van der Waals surface area (Å²) in [7, 11) is 1.55. The van der Waals surface area contributed by atoms with Gasteiger partial charge in [-0.15, -0.1) is 0 Å². The van der Waals surface area contributed by atoms with Gasteiger partial charge in [-0.2, -0.15) is 0 Å². The van der Waals surface area contributed by atoms with E-state index in [-0.39, 0.29) is 5.78 Å². The molecule has 114 valence electrons. The molecule has 0 saturated heterocycles. The van der Waals surface area contributed by atoms with Crippen molar-refractivity contribution in [3.8, 4) is 5.75 Å². The van der Waals surface area contributed by atoms with Crippen LogP contribution in [-0.4, -0.2) is 18.9 Å². The van der Waals surface area contributed by atoms with E-state index in [0.29, 0.717) is 22.7 Å². The second kappa shape index (κ2) is 6.76. The SMILES string of the molecule is COc1ccc(C)cc1NC(=O)Nc1cccc(C(C)=O)c1. The molecule has 2 aromatic carbocycles. The standard InChI is InChI=1S/C17H18N2O3/c1-11-7-8-16(22-3)15(9-11)19-17(21)18-14-6-4-5-13(10-14)12(2)20/h4-10H,1-3H3,(H2,18,19,21). The first-order valence-electron chi connectivity index (χ1n) is 6.83. The number of Topliss-reactive ketones (excluding diaryl/α,β-unsaturated/α-hetero) is 1. The Kier molecular flexibility index (Phi) is 4.78. The number of rotatable bonds is 4. The van der Waals surface area contributed by atoms with Crippen LogP contribution in [0.3, 0.4) is 0 Å². The van der Waals surface area contributed by atoms with Crippen molar-refractivity contribution < 1.29 is 14.3 Å². The summed E-state index contributed by atoms with van der Waals surface area (Å²) in [6.45, 7) is 3.41. The Hall–Kier alpha value is -2.82. The summed E-state index contributed by atoms with van der Waals surface area (Å²) in [6.07, 6.45) is 0. The minimum Gasteiger partial charge on any atom is -0.495 e. The highest BCUT2D eigenvalue weighted by Gasteiger charge is 2.09. The number of amides is 2. The minimum absolute atomic E-state index is 0.0515. The number of aryl methyl sites for hydroxylation is 1. The molecule has 0 fully saturated rings. The van der Waals surface area contributed by atoms with Crippen LogP contribution in [0.25, 0.3) is 0 Å². The van der Waals surface area contributed by atoms with Crippen LogP contribution < -0.4 is 15.4 Å². The Labute approximate surface area is 129 Å². The summed E-state index contributed by atoms with van der Waals surface area (Å²) in [6, 6.07) is 11.9. The van der Waals surface area contributed by atoms with Gasteiger partial charge in [0.1, 0.15) is 5.75 Å². The maximum absolute atomic E-state index is 12.1. The number of hydrogen-bond acceptors (Lipinski definition) is 3. The van der Waals surface area contributed by atoms with Crippen LogP contribution >= 0.6 is 0 Å². The molecule has 0 aromatic heterocycles. The van der Waals surface area contributed by atoms with Gasteiger partial charge >= 0.3 is 6.03 Å². The van der Waals surface area contributed by atoms with E-state index < -0.39 is 6.03 Å². The van der Waals surface area contributed by atoms with E-state index in [9.17, 15) is 9.59 Å². The number of benzene rings is 2. The molecule has 2 rings (SSSR count). The molecule has 0 bridgehead atoms. The number of nitrogens with one attached hydrogen (secondary N) is 2. The lowest BCUT2D eigenvalue weighted by molar-refractivity contribution is 0.101. The average molecular weight is 298 g/mol. The van der Waals surface area contributed by atoms with Gasteiger partial charge in [0.15, 0.2) is 5.78 Å². The van der Waals surface area contributed by atoms with Crippen LogP contribution in [0.5, 0.6) is 5.75 Å². The van der Waals surface area contributed by atoms with Crippen LogP contribution in [0.1, 0.15) is 22.8 Å². The van der Waals surface area contributed by atoms with E-state index in [0.717, 1.165) is 5.56 Å². The molecule has 5 heteroatoms. The Balaban J connectivity index is 2.12. The highest BCUT2D eigenvalue weighted by Crippen LogP contribution is 2.25. The number of ketones is 1. The topological polar surface area (TPSA) is 67.4 Å². The van der Waals surface area contributed by atoms with Crippen LogP contribution in [0, 0.1) is 6.92 Å². The Bertz CT molecular complexity index is 711. The predicted molar refractivity (Wildman–Crippen MR) is 86.8 cm³/mol. The van der Waals surface area contributed by atoms with Crippen molar-refractivity contribution in [3.63, 3.8) is 0 Å². The molecule has 5 nitrogen and oxygen atoms in total. The van der Waals surface area contributed by atoms with Crippen LogP contribution in [0.4, 0.5) is 16.2 Å². The molecule has 0 aliphatic carbocycles. The number of carbonyl (C=O) groups excluding carboxylic acids is 2. The van der Waals surface area contributed by atoms with Crippen LogP contribution in [0.2, 0.25) is 0 Å². The lowest BCUT2D eigenvalue weighted by Gasteiger charge is -2.12. The largest absolute Gasteiger partial charge is 0.495 e. The van der Waals surface area contributed by atoms with Crippen LogP contribution in [-0.2, 0) is 0 Å². The number of anilines is 2. The van der Waals surface area contributed by atoms with Crippen molar-refractivity contribution in [2.24, 2.45) is 0 Å². The quantitative estimate of drug-likeness (QED) is 0.842. The van der Waals surface area contributed by atoms with Gasteiger partial charge in [0, 0.05) is 11.3 Å². The smallest absolute Gasteiger partial charge is 0.323 e. The summed E-state index contributed by atoms with van der Waals surface area (Å²) < 4.78 is 5.21. The van der Waals surface area contributed by atoms with Crippen molar-refractivity contribution in [1.29, 1.82) is 0 Å². The Morgan fingerprint density at radius 1 is 1.05 bits per heavy atom. The van der Waals surface area contributed by atoms with Crippen molar-refractivity contribution in [1.82, 2.24) is 0 Å². The maximum atomic E-state index is 12.1. The van der Waals surface area contributed by atoms with Gasteiger partial charge < -0.3 is 15.4 Å². The highest BCUT2D eigenvalue weighted by atomic mass is 16.5. The third-order valence-corrected chi connectivity index (χ3v) is 3.13. The average Bonchev–Trinajstić information content (AvgIpc) is 2.47. The van der Waals surface area contributed by atoms with Crippen molar-refractivity contribution in [3.05, 3.63) is 53.6 Å². The molecular formula is C17H18N2O3. The van der Waals surface area contributed by atoms with Gasteiger partial charge in [-0.1, -0.05) is 18.2 Å². The van der Waals surface area contributed by atoms with E-state index >= 15 is 0 Å². The lowest BCUT2D eigenvalue weighted by atomic mass is 10.1. The normalized spacial score (nSPS) is 9.95. The molecule has 0 radical (unpaired) electrons. The van der Waals surface area contributed by atoms with E-state index in [2.05, 4.69) is 10.6 Å². The third-order valence-electron chi connectivity index (χ3n) is 3.13. The summed E-state index contributed by atoms with van der Waals surface area (Å²) in [5.41, 5.74) is 2.69. The number of urea groups is 1. The second-order valence-electron chi connectivity index (χ2n) is 4.92. The highest BCUT2D eigenvalue weighted by molar-refractivity contribution is 6.02. The molecule has 0 spiro atoms. The van der Waals surface area contributed by atoms with Gasteiger partial charge in [0.25, 0.3) is 0 Å². The molecule has 0 unspecified atom stereocenters.